The zero-order valence-corrected chi connectivity index (χ0v) is 15.5. The molecule has 0 spiro atoms. The number of amides is 1. The normalized spacial score (nSPS) is 15.8. The molecule has 0 aromatic heterocycles. The Hall–Kier alpha value is -0.860. The van der Waals surface area contributed by atoms with E-state index in [0.29, 0.717) is 23.5 Å². The molecule has 21 heavy (non-hydrogen) atoms. The van der Waals surface area contributed by atoms with Crippen LogP contribution >= 0.6 is 0 Å². The van der Waals surface area contributed by atoms with Crippen LogP contribution in [0, 0.1) is 16.7 Å². The smallest absolute Gasteiger partial charge is 0.206 e. The largest absolute Gasteiger partial charge is 0.362 e. The van der Waals surface area contributed by atoms with Crippen LogP contribution in [0.3, 0.4) is 0 Å². The van der Waals surface area contributed by atoms with Gasteiger partial charge in [0.25, 0.3) is 0 Å². The predicted octanol–water partition coefficient (Wildman–Crippen LogP) is 4.60. The molecule has 0 aromatic carbocycles. The molecule has 1 aliphatic carbocycles. The van der Waals surface area contributed by atoms with Crippen LogP contribution in [0.1, 0.15) is 80.6 Å². The fourth-order valence-electron chi connectivity index (χ4n) is 1.98. The van der Waals surface area contributed by atoms with Gasteiger partial charge in [0.1, 0.15) is 5.78 Å². The number of hydrogen-bond acceptors (Lipinski definition) is 2. The number of ketones is 1. The monoisotopic (exact) mass is 299 g/mol. The summed E-state index contributed by atoms with van der Waals surface area (Å²) >= 11 is 0. The Bertz CT molecular complexity index is 273. The fourth-order valence-corrected chi connectivity index (χ4v) is 1.98. The summed E-state index contributed by atoms with van der Waals surface area (Å²) in [7, 11) is 1.56. The van der Waals surface area contributed by atoms with Crippen molar-refractivity contribution in [1.82, 2.24) is 5.32 Å². The van der Waals surface area contributed by atoms with Gasteiger partial charge in [0.15, 0.2) is 0 Å². The molecule has 3 nitrogen and oxygen atoms in total. The minimum absolute atomic E-state index is 0.123. The average Bonchev–Trinajstić information content (AvgIpc) is 2.36. The molecule has 0 aromatic rings. The molecule has 0 atom stereocenters. The molecule has 1 rings (SSSR count). The third-order valence-corrected chi connectivity index (χ3v) is 2.83. The SMILES string of the molecule is CC(C)(C)C.CC(C)(C)C(=O)C1CCCCC1.CNC=O. The Morgan fingerprint density at radius 3 is 1.52 bits per heavy atom. The van der Waals surface area contributed by atoms with E-state index in [9.17, 15) is 4.79 Å². The minimum atomic E-state index is -0.123. The lowest BCUT2D eigenvalue weighted by Gasteiger charge is -2.27. The highest BCUT2D eigenvalue weighted by molar-refractivity contribution is 5.85. The first kappa shape index (κ1) is 22.4. The molecule has 0 aliphatic heterocycles. The van der Waals surface area contributed by atoms with E-state index in [1.807, 2.05) is 20.8 Å². The van der Waals surface area contributed by atoms with E-state index < -0.39 is 0 Å². The van der Waals surface area contributed by atoms with Crippen LogP contribution in [-0.4, -0.2) is 19.2 Å². The first-order chi connectivity index (χ1) is 9.43. The second kappa shape index (κ2) is 10.8. The van der Waals surface area contributed by atoms with E-state index >= 15 is 0 Å². The van der Waals surface area contributed by atoms with Crippen molar-refractivity contribution < 1.29 is 9.59 Å². The highest BCUT2D eigenvalue weighted by Gasteiger charge is 2.29. The Morgan fingerprint density at radius 1 is 0.952 bits per heavy atom. The van der Waals surface area contributed by atoms with Gasteiger partial charge in [0.2, 0.25) is 6.41 Å². The summed E-state index contributed by atoms with van der Waals surface area (Å²) < 4.78 is 0. The maximum absolute atomic E-state index is 11.8. The fraction of sp³-hybridized carbons (Fsp3) is 0.889. The van der Waals surface area contributed by atoms with E-state index in [2.05, 4.69) is 33.0 Å². The number of rotatable bonds is 2. The Kier molecular flexibility index (Phi) is 11.5. The first-order valence-corrected chi connectivity index (χ1v) is 8.08. The Labute approximate surface area is 132 Å². The third-order valence-electron chi connectivity index (χ3n) is 2.83. The molecule has 126 valence electrons. The van der Waals surface area contributed by atoms with Crippen LogP contribution in [-0.2, 0) is 9.59 Å². The van der Waals surface area contributed by atoms with Gasteiger partial charge in [0, 0.05) is 18.4 Å². The second-order valence-corrected chi connectivity index (χ2v) is 8.36. The van der Waals surface area contributed by atoms with Crippen LogP contribution in [0.15, 0.2) is 0 Å². The zero-order chi connectivity index (χ0) is 17.1. The molecule has 0 unspecified atom stereocenters. The van der Waals surface area contributed by atoms with Crippen LogP contribution in [0.25, 0.3) is 0 Å². The van der Waals surface area contributed by atoms with Gasteiger partial charge in [0.05, 0.1) is 0 Å². The van der Waals surface area contributed by atoms with Crippen LogP contribution in [0.4, 0.5) is 0 Å². The molecule has 1 amide bonds. The van der Waals surface area contributed by atoms with E-state index in [1.54, 1.807) is 7.05 Å². The van der Waals surface area contributed by atoms with Crippen molar-refractivity contribution in [2.75, 3.05) is 7.05 Å². The number of Topliss-reactive ketones (excluding diaryl/α,β-unsaturated/α-hetero) is 1. The standard InChI is InChI=1S/C11H20O.C5H12.C2H5NO/c1-11(2,3)10(12)9-7-5-4-6-8-9;1-5(2,3)4;1-3-2-4/h9H,4-8H2,1-3H3;1-4H3;2H,1H3,(H,3,4). The number of hydrogen-bond donors (Lipinski definition) is 1. The maximum Gasteiger partial charge on any atom is 0.206 e. The number of carbonyl (C=O) groups is 2. The van der Waals surface area contributed by atoms with E-state index in [-0.39, 0.29) is 5.41 Å². The van der Waals surface area contributed by atoms with Crippen LogP contribution in [0.2, 0.25) is 0 Å². The molecule has 1 N–H and O–H groups in total. The average molecular weight is 299 g/mol. The van der Waals surface area contributed by atoms with Gasteiger partial charge >= 0.3 is 0 Å². The summed E-state index contributed by atoms with van der Waals surface area (Å²) in [6.45, 7) is 14.8. The Morgan fingerprint density at radius 2 is 1.29 bits per heavy atom. The Balaban J connectivity index is 0. The second-order valence-electron chi connectivity index (χ2n) is 8.36. The lowest BCUT2D eigenvalue weighted by atomic mass is 9.76. The van der Waals surface area contributed by atoms with Crippen molar-refractivity contribution in [3.05, 3.63) is 0 Å². The molecule has 0 radical (unpaired) electrons. The molecular weight excluding hydrogens is 262 g/mol. The topological polar surface area (TPSA) is 46.2 Å². The molecule has 1 aliphatic rings. The van der Waals surface area contributed by atoms with Gasteiger partial charge in [-0.2, -0.15) is 0 Å². The van der Waals surface area contributed by atoms with Crippen molar-refractivity contribution in [2.24, 2.45) is 16.7 Å². The summed E-state index contributed by atoms with van der Waals surface area (Å²) in [6.07, 6.45) is 6.74. The van der Waals surface area contributed by atoms with E-state index in [1.165, 1.54) is 19.3 Å². The van der Waals surface area contributed by atoms with Crippen LogP contribution < -0.4 is 5.32 Å². The van der Waals surface area contributed by atoms with E-state index in [4.69, 9.17) is 4.79 Å². The first-order valence-electron chi connectivity index (χ1n) is 8.08. The highest BCUT2D eigenvalue weighted by atomic mass is 16.1. The van der Waals surface area contributed by atoms with Gasteiger partial charge in [-0.25, -0.2) is 0 Å². The lowest BCUT2D eigenvalue weighted by molar-refractivity contribution is -0.131. The summed E-state index contributed by atoms with van der Waals surface area (Å²) in [4.78, 5) is 20.9. The van der Waals surface area contributed by atoms with Crippen molar-refractivity contribution in [1.29, 1.82) is 0 Å². The summed E-state index contributed by atoms with van der Waals surface area (Å²) in [5.41, 5.74) is 0.377. The lowest BCUT2D eigenvalue weighted by Crippen LogP contribution is -2.29. The van der Waals surface area contributed by atoms with Gasteiger partial charge in [-0.1, -0.05) is 67.7 Å². The van der Waals surface area contributed by atoms with Crippen molar-refractivity contribution in [3.63, 3.8) is 0 Å². The third kappa shape index (κ3) is 17.1. The van der Waals surface area contributed by atoms with Gasteiger partial charge in [-0.05, 0) is 18.3 Å². The molecule has 0 saturated heterocycles. The maximum atomic E-state index is 11.8. The van der Waals surface area contributed by atoms with Gasteiger partial charge in [-0.3, -0.25) is 9.59 Å². The quantitative estimate of drug-likeness (QED) is 0.758. The highest BCUT2D eigenvalue weighted by Crippen LogP contribution is 2.30. The predicted molar refractivity (Wildman–Crippen MR) is 91.3 cm³/mol. The summed E-state index contributed by atoms with van der Waals surface area (Å²) in [6, 6.07) is 0. The zero-order valence-electron chi connectivity index (χ0n) is 15.5. The molecule has 0 heterocycles. The summed E-state index contributed by atoms with van der Waals surface area (Å²) in [5, 5.41) is 2.25. The molecule has 1 fully saturated rings. The van der Waals surface area contributed by atoms with Gasteiger partial charge < -0.3 is 5.32 Å². The molecular formula is C18H37NO2. The number of carbonyl (C=O) groups excluding carboxylic acids is 2. The molecule has 1 saturated carbocycles. The summed E-state index contributed by atoms with van der Waals surface area (Å²) in [5.74, 6) is 0.848. The van der Waals surface area contributed by atoms with Crippen LogP contribution in [0.5, 0.6) is 0 Å². The van der Waals surface area contributed by atoms with Gasteiger partial charge in [-0.15, -0.1) is 0 Å². The minimum Gasteiger partial charge on any atom is -0.362 e. The number of nitrogens with one attached hydrogen (secondary N) is 1. The molecule has 0 bridgehead atoms. The van der Waals surface area contributed by atoms with E-state index in [0.717, 1.165) is 12.8 Å². The van der Waals surface area contributed by atoms with Crippen molar-refractivity contribution >= 4 is 12.2 Å². The van der Waals surface area contributed by atoms with Crippen molar-refractivity contribution in [2.45, 2.75) is 80.6 Å². The molecule has 3 heteroatoms. The van der Waals surface area contributed by atoms with Crippen molar-refractivity contribution in [3.8, 4) is 0 Å².